The van der Waals surface area contributed by atoms with Crippen molar-refractivity contribution in [3.05, 3.63) is 42.0 Å². The van der Waals surface area contributed by atoms with Crippen LogP contribution in [0.4, 0.5) is 0 Å². The smallest absolute Gasteiger partial charge is 0.0281 e. The Bertz CT molecular complexity index is 417. The van der Waals surface area contributed by atoms with Crippen molar-refractivity contribution in [3.63, 3.8) is 0 Å². The molecule has 2 rings (SSSR count). The standard InChI is InChI=1S/C13H14S2/c1-15-13-11(8-5-9-12(13)14)10-6-3-2-4-7-10/h3,5-9,14H,2,4H2,1H3. The molecule has 1 aromatic carbocycles. The maximum Gasteiger partial charge on any atom is 0.0281 e. The fourth-order valence-electron chi connectivity index (χ4n) is 1.78. The summed E-state index contributed by atoms with van der Waals surface area (Å²) in [7, 11) is 0. The summed E-state index contributed by atoms with van der Waals surface area (Å²) in [5.41, 5.74) is 2.65. The molecular weight excluding hydrogens is 220 g/mol. The van der Waals surface area contributed by atoms with Gasteiger partial charge in [-0.3, -0.25) is 0 Å². The fourth-order valence-corrected chi connectivity index (χ4v) is 2.94. The lowest BCUT2D eigenvalue weighted by Crippen LogP contribution is -1.89. The molecule has 0 nitrogen and oxygen atoms in total. The van der Waals surface area contributed by atoms with Crippen LogP contribution in [0.5, 0.6) is 0 Å². The molecule has 0 unspecified atom stereocenters. The zero-order valence-corrected chi connectivity index (χ0v) is 10.4. The molecule has 1 aliphatic rings. The van der Waals surface area contributed by atoms with Crippen LogP contribution in [-0.4, -0.2) is 6.26 Å². The monoisotopic (exact) mass is 234 g/mol. The van der Waals surface area contributed by atoms with Crippen LogP contribution in [0.15, 0.2) is 46.2 Å². The highest BCUT2D eigenvalue weighted by Crippen LogP contribution is 2.33. The highest BCUT2D eigenvalue weighted by Gasteiger charge is 2.08. The third-order valence-electron chi connectivity index (χ3n) is 2.50. The Morgan fingerprint density at radius 2 is 2.13 bits per heavy atom. The van der Waals surface area contributed by atoms with Crippen LogP contribution >= 0.6 is 24.4 Å². The summed E-state index contributed by atoms with van der Waals surface area (Å²) in [6.45, 7) is 0. The molecule has 0 saturated heterocycles. The number of benzene rings is 1. The normalized spacial score (nSPS) is 15.2. The third kappa shape index (κ3) is 2.32. The Labute approximate surface area is 101 Å². The molecule has 0 amide bonds. The number of hydrogen-bond donors (Lipinski definition) is 1. The van der Waals surface area contributed by atoms with E-state index in [0.717, 1.165) is 11.3 Å². The van der Waals surface area contributed by atoms with Gasteiger partial charge >= 0.3 is 0 Å². The summed E-state index contributed by atoms with van der Waals surface area (Å²) in [6, 6.07) is 6.29. The highest BCUT2D eigenvalue weighted by molar-refractivity contribution is 7.99. The molecular formula is C13H14S2. The Balaban J connectivity index is 2.47. The molecule has 15 heavy (non-hydrogen) atoms. The van der Waals surface area contributed by atoms with E-state index < -0.39 is 0 Å². The number of rotatable bonds is 2. The molecule has 0 heterocycles. The van der Waals surface area contributed by atoms with Crippen molar-refractivity contribution >= 4 is 30.0 Å². The molecule has 0 atom stereocenters. The molecule has 0 aliphatic heterocycles. The summed E-state index contributed by atoms with van der Waals surface area (Å²) in [5.74, 6) is 0. The first-order chi connectivity index (χ1) is 7.33. The maximum absolute atomic E-state index is 4.50. The zero-order valence-electron chi connectivity index (χ0n) is 8.73. The Morgan fingerprint density at radius 3 is 2.80 bits per heavy atom. The molecule has 0 radical (unpaired) electrons. The molecule has 0 N–H and O–H groups in total. The van der Waals surface area contributed by atoms with Crippen molar-refractivity contribution < 1.29 is 0 Å². The van der Waals surface area contributed by atoms with Crippen molar-refractivity contribution in [2.24, 2.45) is 0 Å². The van der Waals surface area contributed by atoms with Gasteiger partial charge in [0, 0.05) is 9.79 Å². The van der Waals surface area contributed by atoms with Gasteiger partial charge < -0.3 is 0 Å². The van der Waals surface area contributed by atoms with Gasteiger partial charge in [0.25, 0.3) is 0 Å². The van der Waals surface area contributed by atoms with E-state index in [0.29, 0.717) is 0 Å². The number of thioether (sulfide) groups is 1. The lowest BCUT2D eigenvalue weighted by atomic mass is 10.00. The van der Waals surface area contributed by atoms with Gasteiger partial charge in [-0.25, -0.2) is 0 Å². The van der Waals surface area contributed by atoms with Gasteiger partial charge in [0.05, 0.1) is 0 Å². The van der Waals surface area contributed by atoms with Crippen LogP contribution in [0.1, 0.15) is 18.4 Å². The average molecular weight is 234 g/mol. The maximum atomic E-state index is 4.50. The average Bonchev–Trinajstić information content (AvgIpc) is 2.30. The molecule has 0 bridgehead atoms. The van der Waals surface area contributed by atoms with Crippen LogP contribution < -0.4 is 0 Å². The molecule has 0 aromatic heterocycles. The van der Waals surface area contributed by atoms with E-state index in [4.69, 9.17) is 0 Å². The Morgan fingerprint density at radius 1 is 1.27 bits per heavy atom. The van der Waals surface area contributed by atoms with Crippen LogP contribution in [0.2, 0.25) is 0 Å². The first-order valence-corrected chi connectivity index (χ1v) is 6.73. The lowest BCUT2D eigenvalue weighted by molar-refractivity contribution is 1.04. The van der Waals surface area contributed by atoms with Crippen LogP contribution in [0, 0.1) is 0 Å². The second-order valence-electron chi connectivity index (χ2n) is 3.50. The second kappa shape index (κ2) is 4.95. The first-order valence-electron chi connectivity index (χ1n) is 5.06. The van der Waals surface area contributed by atoms with Gasteiger partial charge in [-0.05, 0) is 36.3 Å². The third-order valence-corrected chi connectivity index (χ3v) is 3.88. The molecule has 2 heteroatoms. The van der Waals surface area contributed by atoms with Gasteiger partial charge in [0.1, 0.15) is 0 Å². The van der Waals surface area contributed by atoms with Gasteiger partial charge in [0.15, 0.2) is 0 Å². The number of thiol groups is 1. The quantitative estimate of drug-likeness (QED) is 0.583. The summed E-state index contributed by atoms with van der Waals surface area (Å²) >= 11 is 6.26. The van der Waals surface area contributed by atoms with E-state index >= 15 is 0 Å². The summed E-state index contributed by atoms with van der Waals surface area (Å²) in [4.78, 5) is 2.35. The molecule has 1 aromatic rings. The zero-order chi connectivity index (χ0) is 10.7. The summed E-state index contributed by atoms with van der Waals surface area (Å²) in [5, 5.41) is 0. The Hall–Kier alpha value is -0.600. The van der Waals surface area contributed by atoms with Gasteiger partial charge in [-0.1, -0.05) is 30.4 Å². The molecule has 0 saturated carbocycles. The summed E-state index contributed by atoms with van der Waals surface area (Å²) in [6.07, 6.45) is 11.2. The minimum atomic E-state index is 1.07. The van der Waals surface area contributed by atoms with E-state index in [2.05, 4.69) is 49.2 Å². The number of allylic oxidation sites excluding steroid dienone is 4. The minimum absolute atomic E-state index is 1.07. The van der Waals surface area contributed by atoms with Crippen molar-refractivity contribution in [2.45, 2.75) is 22.6 Å². The topological polar surface area (TPSA) is 0 Å². The fraction of sp³-hybridized carbons (Fsp3) is 0.231. The predicted octanol–water partition coefficient (Wildman–Crippen LogP) is 4.43. The predicted molar refractivity (Wildman–Crippen MR) is 71.8 cm³/mol. The van der Waals surface area contributed by atoms with Crippen molar-refractivity contribution in [1.82, 2.24) is 0 Å². The van der Waals surface area contributed by atoms with Crippen LogP contribution in [0.3, 0.4) is 0 Å². The van der Waals surface area contributed by atoms with Crippen molar-refractivity contribution in [1.29, 1.82) is 0 Å². The first kappa shape index (κ1) is 10.9. The van der Waals surface area contributed by atoms with Gasteiger partial charge in [-0.15, -0.1) is 24.4 Å². The summed E-state index contributed by atoms with van der Waals surface area (Å²) < 4.78 is 0. The minimum Gasteiger partial charge on any atom is -0.142 e. The van der Waals surface area contributed by atoms with Crippen LogP contribution in [0.25, 0.3) is 5.57 Å². The Kier molecular flexibility index (Phi) is 3.60. The SMILES string of the molecule is CSc1c(S)cccc1C1=CCCC=C1. The molecule has 0 fully saturated rings. The highest BCUT2D eigenvalue weighted by atomic mass is 32.2. The van der Waals surface area contributed by atoms with E-state index in [1.54, 1.807) is 11.8 Å². The molecule has 78 valence electrons. The van der Waals surface area contributed by atoms with Gasteiger partial charge in [0.2, 0.25) is 0 Å². The van der Waals surface area contributed by atoms with Crippen molar-refractivity contribution in [3.8, 4) is 0 Å². The second-order valence-corrected chi connectivity index (χ2v) is 4.80. The van der Waals surface area contributed by atoms with Crippen LogP contribution in [-0.2, 0) is 0 Å². The largest absolute Gasteiger partial charge is 0.142 e. The van der Waals surface area contributed by atoms with E-state index in [9.17, 15) is 0 Å². The molecule has 1 aliphatic carbocycles. The van der Waals surface area contributed by atoms with Gasteiger partial charge in [-0.2, -0.15) is 0 Å². The van der Waals surface area contributed by atoms with E-state index in [1.165, 1.54) is 22.5 Å². The van der Waals surface area contributed by atoms with E-state index in [-0.39, 0.29) is 0 Å². The van der Waals surface area contributed by atoms with Crippen molar-refractivity contribution in [2.75, 3.05) is 6.26 Å². The van der Waals surface area contributed by atoms with E-state index in [1.807, 2.05) is 6.07 Å². The molecule has 0 spiro atoms. The lowest BCUT2D eigenvalue weighted by Gasteiger charge is -2.12. The number of hydrogen-bond acceptors (Lipinski definition) is 2.